The highest BCUT2D eigenvalue weighted by Crippen LogP contribution is 2.16. The van der Waals surface area contributed by atoms with Crippen LogP contribution in [0.4, 0.5) is 0 Å². The molecule has 0 saturated heterocycles. The van der Waals surface area contributed by atoms with Crippen LogP contribution < -0.4 is 5.73 Å². The highest BCUT2D eigenvalue weighted by molar-refractivity contribution is 5.69. The first-order valence-corrected chi connectivity index (χ1v) is 4.93. The summed E-state index contributed by atoms with van der Waals surface area (Å²) >= 11 is 0. The van der Waals surface area contributed by atoms with Gasteiger partial charge in [0.1, 0.15) is 0 Å². The molecule has 0 amide bonds. The SMILES string of the molecule is C=C/C(CCN)=C(\C=C)CCC(=O)OC. The largest absolute Gasteiger partial charge is 0.469 e. The Kier molecular flexibility index (Phi) is 7.28. The van der Waals surface area contributed by atoms with Gasteiger partial charge in [0.05, 0.1) is 7.11 Å². The maximum Gasteiger partial charge on any atom is 0.305 e. The number of carbonyl (C=O) groups excluding carboxylic acids is 1. The van der Waals surface area contributed by atoms with Gasteiger partial charge in [-0.1, -0.05) is 25.3 Å². The summed E-state index contributed by atoms with van der Waals surface area (Å²) in [5, 5.41) is 0. The number of hydrogen-bond acceptors (Lipinski definition) is 3. The normalized spacial score (nSPS) is 11.6. The summed E-state index contributed by atoms with van der Waals surface area (Å²) < 4.78 is 4.57. The number of rotatable bonds is 7. The van der Waals surface area contributed by atoms with Crippen molar-refractivity contribution >= 4 is 5.97 Å². The molecule has 0 radical (unpaired) electrons. The molecule has 0 heterocycles. The summed E-state index contributed by atoms with van der Waals surface area (Å²) in [6, 6.07) is 0. The number of methoxy groups -OCH3 is 1. The van der Waals surface area contributed by atoms with Crippen LogP contribution in [0.3, 0.4) is 0 Å². The van der Waals surface area contributed by atoms with Crippen LogP contribution in [0.2, 0.25) is 0 Å². The fourth-order valence-corrected chi connectivity index (χ4v) is 1.28. The van der Waals surface area contributed by atoms with Crippen LogP contribution in [-0.2, 0) is 9.53 Å². The van der Waals surface area contributed by atoms with Gasteiger partial charge in [-0.15, -0.1) is 0 Å². The average Bonchev–Trinajstić information content (AvgIpc) is 2.27. The van der Waals surface area contributed by atoms with Crippen molar-refractivity contribution in [1.82, 2.24) is 0 Å². The minimum absolute atomic E-state index is 0.217. The maximum absolute atomic E-state index is 11.0. The molecule has 0 unspecified atom stereocenters. The summed E-state index contributed by atoms with van der Waals surface area (Å²) in [5.74, 6) is -0.217. The van der Waals surface area contributed by atoms with E-state index in [1.54, 1.807) is 12.2 Å². The molecule has 0 aliphatic rings. The molecule has 0 spiro atoms. The van der Waals surface area contributed by atoms with E-state index < -0.39 is 0 Å². The van der Waals surface area contributed by atoms with Crippen LogP contribution in [0.1, 0.15) is 19.3 Å². The molecule has 84 valence electrons. The fraction of sp³-hybridized carbons (Fsp3) is 0.417. The van der Waals surface area contributed by atoms with Gasteiger partial charge in [-0.2, -0.15) is 0 Å². The third-order valence-corrected chi connectivity index (χ3v) is 2.15. The Balaban J connectivity index is 4.49. The molecule has 0 bridgehead atoms. The zero-order chi connectivity index (χ0) is 11.7. The zero-order valence-electron chi connectivity index (χ0n) is 9.29. The Morgan fingerprint density at radius 3 is 2.13 bits per heavy atom. The van der Waals surface area contributed by atoms with Crippen molar-refractivity contribution in [1.29, 1.82) is 0 Å². The van der Waals surface area contributed by atoms with Crippen molar-refractivity contribution in [3.8, 4) is 0 Å². The van der Waals surface area contributed by atoms with Gasteiger partial charge in [0.15, 0.2) is 0 Å². The quantitative estimate of drug-likeness (QED) is 0.515. The smallest absolute Gasteiger partial charge is 0.305 e. The lowest BCUT2D eigenvalue weighted by Crippen LogP contribution is -2.03. The van der Waals surface area contributed by atoms with Crippen molar-refractivity contribution < 1.29 is 9.53 Å². The summed E-state index contributed by atoms with van der Waals surface area (Å²) in [4.78, 5) is 11.0. The highest BCUT2D eigenvalue weighted by Gasteiger charge is 2.04. The summed E-state index contributed by atoms with van der Waals surface area (Å²) in [5.41, 5.74) is 7.54. The van der Waals surface area contributed by atoms with Crippen molar-refractivity contribution in [3.63, 3.8) is 0 Å². The molecule has 0 atom stereocenters. The monoisotopic (exact) mass is 209 g/mol. The van der Waals surface area contributed by atoms with E-state index >= 15 is 0 Å². The van der Waals surface area contributed by atoms with Gasteiger partial charge in [0, 0.05) is 6.42 Å². The molecule has 0 aromatic carbocycles. The lowest BCUT2D eigenvalue weighted by molar-refractivity contribution is -0.140. The molecule has 2 N–H and O–H groups in total. The molecule has 0 aromatic rings. The van der Waals surface area contributed by atoms with E-state index in [0.29, 0.717) is 19.4 Å². The molecule has 0 aliphatic heterocycles. The minimum Gasteiger partial charge on any atom is -0.469 e. The molecule has 0 aliphatic carbocycles. The van der Waals surface area contributed by atoms with Crippen molar-refractivity contribution in [3.05, 3.63) is 36.5 Å². The van der Waals surface area contributed by atoms with Crippen LogP contribution in [0.5, 0.6) is 0 Å². The van der Waals surface area contributed by atoms with E-state index in [1.807, 2.05) is 0 Å². The van der Waals surface area contributed by atoms with Crippen LogP contribution in [0.15, 0.2) is 36.5 Å². The molecule has 3 heteroatoms. The number of esters is 1. The minimum atomic E-state index is -0.217. The first-order valence-electron chi connectivity index (χ1n) is 4.93. The molecular formula is C12H19NO2. The Morgan fingerprint density at radius 1 is 1.20 bits per heavy atom. The predicted molar refractivity (Wildman–Crippen MR) is 62.3 cm³/mol. The van der Waals surface area contributed by atoms with E-state index in [4.69, 9.17) is 5.73 Å². The lowest BCUT2D eigenvalue weighted by atomic mass is 10.0. The molecule has 0 rings (SSSR count). The summed E-state index contributed by atoms with van der Waals surface area (Å²) in [6.45, 7) is 8.00. The number of ether oxygens (including phenoxy) is 1. The average molecular weight is 209 g/mol. The molecule has 15 heavy (non-hydrogen) atoms. The van der Waals surface area contributed by atoms with Crippen LogP contribution in [0, 0.1) is 0 Å². The van der Waals surface area contributed by atoms with Gasteiger partial charge in [-0.05, 0) is 30.5 Å². The van der Waals surface area contributed by atoms with Crippen LogP contribution in [-0.4, -0.2) is 19.6 Å². The Labute approximate surface area is 91.3 Å². The number of hydrogen-bond donors (Lipinski definition) is 1. The Hall–Kier alpha value is -1.35. The van der Waals surface area contributed by atoms with Gasteiger partial charge in [-0.25, -0.2) is 0 Å². The molecule has 3 nitrogen and oxygen atoms in total. The predicted octanol–water partition coefficient (Wildman–Crippen LogP) is 1.96. The van der Waals surface area contributed by atoms with Gasteiger partial charge < -0.3 is 10.5 Å². The van der Waals surface area contributed by atoms with E-state index in [-0.39, 0.29) is 5.97 Å². The van der Waals surface area contributed by atoms with Crippen molar-refractivity contribution in [2.24, 2.45) is 5.73 Å². The topological polar surface area (TPSA) is 52.3 Å². The second kappa shape index (κ2) is 8.00. The molecule has 0 saturated carbocycles. The van der Waals surface area contributed by atoms with Crippen LogP contribution >= 0.6 is 0 Å². The molecule has 0 aromatic heterocycles. The third kappa shape index (κ3) is 5.18. The van der Waals surface area contributed by atoms with Gasteiger partial charge >= 0.3 is 5.97 Å². The van der Waals surface area contributed by atoms with E-state index in [9.17, 15) is 4.79 Å². The van der Waals surface area contributed by atoms with Gasteiger partial charge in [-0.3, -0.25) is 4.79 Å². The Morgan fingerprint density at radius 2 is 1.73 bits per heavy atom. The van der Waals surface area contributed by atoms with Crippen molar-refractivity contribution in [2.45, 2.75) is 19.3 Å². The maximum atomic E-state index is 11.0. The van der Waals surface area contributed by atoms with E-state index in [0.717, 1.165) is 17.6 Å². The third-order valence-electron chi connectivity index (χ3n) is 2.15. The van der Waals surface area contributed by atoms with E-state index in [2.05, 4.69) is 17.9 Å². The number of allylic oxidation sites excluding steroid dienone is 3. The second-order valence-electron chi connectivity index (χ2n) is 3.07. The standard InChI is InChI=1S/C12H19NO2/c1-4-10(6-7-12(14)15-3)11(5-2)8-9-13/h4-5H,1-2,6-9,13H2,3H3/b11-10-. The number of carbonyl (C=O) groups is 1. The highest BCUT2D eigenvalue weighted by atomic mass is 16.5. The van der Waals surface area contributed by atoms with Crippen LogP contribution in [0.25, 0.3) is 0 Å². The van der Waals surface area contributed by atoms with Gasteiger partial charge in [0.2, 0.25) is 0 Å². The summed E-state index contributed by atoms with van der Waals surface area (Å²) in [7, 11) is 1.38. The second-order valence-corrected chi connectivity index (χ2v) is 3.07. The molecular weight excluding hydrogens is 190 g/mol. The molecule has 0 fully saturated rings. The van der Waals surface area contributed by atoms with E-state index in [1.165, 1.54) is 7.11 Å². The number of nitrogens with two attached hydrogens (primary N) is 1. The first-order chi connectivity index (χ1) is 7.19. The Bertz CT molecular complexity index is 267. The van der Waals surface area contributed by atoms with Crippen molar-refractivity contribution in [2.75, 3.05) is 13.7 Å². The van der Waals surface area contributed by atoms with Gasteiger partial charge in [0.25, 0.3) is 0 Å². The summed E-state index contributed by atoms with van der Waals surface area (Å²) in [6.07, 6.45) is 5.25. The zero-order valence-corrected chi connectivity index (χ0v) is 9.29. The fourth-order valence-electron chi connectivity index (χ4n) is 1.28. The first kappa shape index (κ1) is 13.7. The lowest BCUT2D eigenvalue weighted by Gasteiger charge is -2.07.